The summed E-state index contributed by atoms with van der Waals surface area (Å²) in [5.74, 6) is -1.79. The lowest BCUT2D eigenvalue weighted by Crippen LogP contribution is -2.68. The van der Waals surface area contributed by atoms with Crippen molar-refractivity contribution in [1.82, 2.24) is 0 Å². The van der Waals surface area contributed by atoms with Crippen molar-refractivity contribution in [2.45, 2.75) is 142 Å². The predicted octanol–water partition coefficient (Wildman–Crippen LogP) is -8.50. The highest BCUT2D eigenvalue weighted by Crippen LogP contribution is 2.34. The summed E-state index contributed by atoms with van der Waals surface area (Å²) in [5, 5.41) is 135. The van der Waals surface area contributed by atoms with Crippen molar-refractivity contribution in [3.8, 4) is 0 Å². The average molecular weight is 766 g/mol. The van der Waals surface area contributed by atoms with Gasteiger partial charge < -0.3 is 110 Å². The van der Waals surface area contributed by atoms with Crippen molar-refractivity contribution in [3.63, 3.8) is 0 Å². The molecule has 23 nitrogen and oxygen atoms in total. The Morgan fingerprint density at radius 3 is 1.42 bits per heavy atom. The largest absolute Gasteiger partial charge is 0.479 e. The van der Waals surface area contributed by atoms with Crippen LogP contribution in [0.3, 0.4) is 0 Å². The number of rotatable bonds is 16. The van der Waals surface area contributed by atoms with Crippen LogP contribution in [-0.4, -0.2) is 228 Å². The molecule has 0 bridgehead atoms. The lowest BCUT2D eigenvalue weighted by molar-refractivity contribution is -0.385. The van der Waals surface area contributed by atoms with Crippen LogP contribution < -0.4 is 5.73 Å². The van der Waals surface area contributed by atoms with E-state index in [1.54, 1.807) is 0 Å². The molecule has 4 heterocycles. The van der Waals surface area contributed by atoms with Crippen molar-refractivity contribution in [1.29, 1.82) is 0 Å². The molecule has 52 heavy (non-hydrogen) atoms. The minimum atomic E-state index is -2.20. The Bertz CT molecular complexity index is 1090. The maximum atomic E-state index is 12.3. The number of aliphatic hydroxyl groups is 12. The number of hydrogen-bond acceptors (Lipinski definition) is 22. The topological polar surface area (TPSA) is 380 Å². The third-order valence-corrected chi connectivity index (χ3v) is 9.28. The second kappa shape index (κ2) is 19.5. The van der Waals surface area contributed by atoms with Crippen LogP contribution in [0.2, 0.25) is 0 Å². The van der Waals surface area contributed by atoms with E-state index in [1.165, 1.54) is 0 Å². The zero-order chi connectivity index (χ0) is 38.4. The summed E-state index contributed by atoms with van der Waals surface area (Å²) >= 11 is 0. The van der Waals surface area contributed by atoms with Crippen molar-refractivity contribution in [2.75, 3.05) is 33.0 Å². The molecule has 0 saturated carbocycles. The van der Waals surface area contributed by atoms with Gasteiger partial charge in [0.15, 0.2) is 31.3 Å². The summed E-state index contributed by atoms with van der Waals surface area (Å²) in [6, 6.07) is 0. The molecule has 4 aliphatic rings. The molecule has 8 unspecified atom stereocenters. The molecule has 0 aliphatic carbocycles. The van der Waals surface area contributed by atoms with Gasteiger partial charge in [-0.3, -0.25) is 0 Å². The molecular formula is C29H51NO22. The van der Waals surface area contributed by atoms with Crippen LogP contribution in [0.5, 0.6) is 0 Å². The summed E-state index contributed by atoms with van der Waals surface area (Å²) in [6.45, 7) is -1.97. The summed E-state index contributed by atoms with van der Waals surface area (Å²) < 4.78 is 43.6. The number of hydrogen-bond donors (Lipinski definition) is 14. The van der Waals surface area contributed by atoms with Gasteiger partial charge in [0.1, 0.15) is 91.6 Å². The van der Waals surface area contributed by atoms with Crippen LogP contribution in [-0.2, 0) is 42.7 Å². The highest BCUT2D eigenvalue weighted by Gasteiger charge is 2.56. The minimum Gasteiger partial charge on any atom is -0.479 e. The third kappa shape index (κ3) is 9.52. The molecule has 0 aromatic carbocycles. The normalized spacial score (nSPS) is 47.3. The molecule has 4 saturated heterocycles. The Balaban J connectivity index is 1.42. The van der Waals surface area contributed by atoms with Crippen molar-refractivity contribution >= 4 is 5.97 Å². The van der Waals surface area contributed by atoms with E-state index in [4.69, 9.17) is 43.6 Å². The van der Waals surface area contributed by atoms with E-state index in [2.05, 4.69) is 0 Å². The maximum Gasteiger partial charge on any atom is 0.335 e. The third-order valence-electron chi connectivity index (χ3n) is 9.28. The first kappa shape index (κ1) is 43.4. The zero-order valence-electron chi connectivity index (χ0n) is 27.8. The fraction of sp³-hybridized carbons (Fsp3) is 0.966. The van der Waals surface area contributed by atoms with Gasteiger partial charge in [-0.15, -0.1) is 0 Å². The Morgan fingerprint density at radius 1 is 0.500 bits per heavy atom. The van der Waals surface area contributed by atoms with E-state index >= 15 is 0 Å². The maximum absolute atomic E-state index is 12.3. The van der Waals surface area contributed by atoms with Gasteiger partial charge in [-0.25, -0.2) is 4.79 Å². The van der Waals surface area contributed by atoms with Crippen molar-refractivity contribution in [3.05, 3.63) is 0 Å². The summed E-state index contributed by atoms with van der Waals surface area (Å²) in [7, 11) is 0. The molecule has 4 rings (SSSR count). The zero-order valence-corrected chi connectivity index (χ0v) is 27.8. The van der Waals surface area contributed by atoms with Gasteiger partial charge in [-0.2, -0.15) is 0 Å². The van der Waals surface area contributed by atoms with E-state index in [0.717, 1.165) is 12.8 Å². The average Bonchev–Trinajstić information content (AvgIpc) is 3.13. The lowest BCUT2D eigenvalue weighted by Gasteiger charge is -2.48. The second-order valence-electron chi connectivity index (χ2n) is 12.9. The standard InChI is InChI=1S/C29H51NO22/c30-4-2-1-3-5-45-26-18(40)14(36)21(10(7-32)47-26)50-29-20(42)16(38)23(24(52-29)25(43)44)51-28-19(41)15(37)22(11(8-33)48-28)49-27-17(39)13(35)12(34)9(6-31)46-27/h9-24,26-29,31-42H,1-8,30H2,(H,43,44)/t9?,10?,11?,12-,13+,14?,15-,16?,17?,18+,19?,20+,21-,22+,23+,24?,26-,27-,28-,29-/m1/s1. The highest BCUT2D eigenvalue weighted by molar-refractivity contribution is 5.73. The molecule has 23 heteroatoms. The number of carbonyl (C=O) groups is 1. The summed E-state index contributed by atoms with van der Waals surface area (Å²) in [4.78, 5) is 12.3. The Labute approximate surface area is 296 Å². The quantitative estimate of drug-likeness (QED) is 0.0649. The minimum absolute atomic E-state index is 0.123. The fourth-order valence-electron chi connectivity index (χ4n) is 6.26. The first-order valence-corrected chi connectivity index (χ1v) is 16.8. The Kier molecular flexibility index (Phi) is 16.2. The summed E-state index contributed by atoms with van der Waals surface area (Å²) in [6.07, 6.45) is -35.0. The number of carboxylic acids is 1. The van der Waals surface area contributed by atoms with Gasteiger partial charge >= 0.3 is 5.97 Å². The number of nitrogens with two attached hydrogens (primary N) is 1. The van der Waals surface area contributed by atoms with Crippen LogP contribution in [0.4, 0.5) is 0 Å². The van der Waals surface area contributed by atoms with Crippen LogP contribution in [0.25, 0.3) is 0 Å². The molecule has 15 N–H and O–H groups in total. The van der Waals surface area contributed by atoms with E-state index in [1.807, 2.05) is 0 Å². The Hall–Kier alpha value is -1.37. The van der Waals surface area contributed by atoms with Gasteiger partial charge in [-0.05, 0) is 25.8 Å². The van der Waals surface area contributed by atoms with Crippen LogP contribution >= 0.6 is 0 Å². The molecule has 0 aromatic rings. The predicted molar refractivity (Wildman–Crippen MR) is 161 cm³/mol. The molecular weight excluding hydrogens is 714 g/mol. The lowest BCUT2D eigenvalue weighted by atomic mass is 9.95. The van der Waals surface area contributed by atoms with Gasteiger partial charge in [0, 0.05) is 6.61 Å². The monoisotopic (exact) mass is 765 g/mol. The number of aliphatic hydroxyl groups excluding tert-OH is 12. The number of carboxylic acid groups (broad SMARTS) is 1. The van der Waals surface area contributed by atoms with Gasteiger partial charge in [0.25, 0.3) is 0 Å². The van der Waals surface area contributed by atoms with Crippen LogP contribution in [0, 0.1) is 0 Å². The molecule has 20 atom stereocenters. The van der Waals surface area contributed by atoms with Crippen molar-refractivity contribution < 1.29 is 109 Å². The highest BCUT2D eigenvalue weighted by atomic mass is 16.8. The second-order valence-corrected chi connectivity index (χ2v) is 12.9. The molecule has 4 fully saturated rings. The van der Waals surface area contributed by atoms with E-state index in [0.29, 0.717) is 13.0 Å². The molecule has 0 amide bonds. The first-order chi connectivity index (χ1) is 24.7. The van der Waals surface area contributed by atoms with E-state index in [9.17, 15) is 71.2 Å². The molecule has 4 aliphatic heterocycles. The molecule has 0 spiro atoms. The van der Waals surface area contributed by atoms with Crippen LogP contribution in [0.15, 0.2) is 0 Å². The van der Waals surface area contributed by atoms with E-state index < -0.39 is 149 Å². The van der Waals surface area contributed by atoms with E-state index in [-0.39, 0.29) is 6.61 Å². The smallest absolute Gasteiger partial charge is 0.335 e. The number of unbranched alkanes of at least 4 members (excludes halogenated alkanes) is 2. The molecule has 0 radical (unpaired) electrons. The SMILES string of the molecule is NCCCCCO[C@@H]1OC(CO)[C@@H](O[C@@H]2OC(C(=O)O)[C@@H](O[C@H]3OC(CO)[C@H](O[C@H]4OC(CO)[C@@H](O)[C@H](O)C4O)[C@H](O)C3O)C(O)[C@@H]2O)C(O)[C@@H]1O. The van der Waals surface area contributed by atoms with Gasteiger partial charge in [-0.1, -0.05) is 0 Å². The Morgan fingerprint density at radius 2 is 0.923 bits per heavy atom. The molecule has 0 aromatic heterocycles. The number of ether oxygens (including phenoxy) is 8. The number of aliphatic carboxylic acids is 1. The van der Waals surface area contributed by atoms with Gasteiger partial charge in [0.2, 0.25) is 0 Å². The van der Waals surface area contributed by atoms with Crippen molar-refractivity contribution in [2.24, 2.45) is 5.73 Å². The first-order valence-electron chi connectivity index (χ1n) is 16.8. The van der Waals surface area contributed by atoms with Gasteiger partial charge in [0.05, 0.1) is 19.8 Å². The fourth-order valence-corrected chi connectivity index (χ4v) is 6.26. The van der Waals surface area contributed by atoms with Crippen LogP contribution in [0.1, 0.15) is 19.3 Å². The molecule has 304 valence electrons. The summed E-state index contributed by atoms with van der Waals surface area (Å²) in [5.41, 5.74) is 5.46.